The number of morpholine rings is 1. The van der Waals surface area contributed by atoms with Gasteiger partial charge in [0.1, 0.15) is 0 Å². The van der Waals surface area contributed by atoms with Crippen molar-refractivity contribution in [3.05, 3.63) is 65.2 Å². The van der Waals surface area contributed by atoms with E-state index in [0.717, 1.165) is 42.7 Å². The van der Waals surface area contributed by atoms with Crippen LogP contribution in [-0.2, 0) is 28.9 Å². The minimum atomic E-state index is -0.311. The molecule has 2 heterocycles. The van der Waals surface area contributed by atoms with E-state index in [1.165, 1.54) is 34.9 Å². The highest BCUT2D eigenvalue weighted by atomic mass is 32.2. The van der Waals surface area contributed by atoms with Crippen molar-refractivity contribution >= 4 is 29.3 Å². The molecule has 0 radical (unpaired) electrons. The standard InChI is InChI=1S/C25H29N5O2S/c1-18(23(31)26-22-11-10-20-8-5-9-21(20)16-22)33-25-28-27-24(29-12-14-32-15-13-29)30(25)17-19-6-3-2-4-7-19/h2-4,6-7,10-11,16,18H,5,8-9,12-15,17H2,1H3,(H,26,31). The van der Waals surface area contributed by atoms with Gasteiger partial charge in [-0.15, -0.1) is 10.2 Å². The molecule has 0 saturated carbocycles. The van der Waals surface area contributed by atoms with Crippen molar-refractivity contribution in [3.63, 3.8) is 0 Å². The molecule has 1 N–H and O–H groups in total. The second kappa shape index (κ2) is 9.97. The first-order valence-corrected chi connectivity index (χ1v) is 12.4. The summed E-state index contributed by atoms with van der Waals surface area (Å²) in [4.78, 5) is 15.2. The van der Waals surface area contributed by atoms with Crippen LogP contribution in [0.3, 0.4) is 0 Å². The smallest absolute Gasteiger partial charge is 0.237 e. The zero-order valence-electron chi connectivity index (χ0n) is 18.9. The fraction of sp³-hybridized carbons (Fsp3) is 0.400. The highest BCUT2D eigenvalue weighted by Crippen LogP contribution is 2.29. The van der Waals surface area contributed by atoms with E-state index in [1.807, 2.05) is 31.2 Å². The summed E-state index contributed by atoms with van der Waals surface area (Å²) in [5, 5.41) is 12.5. The molecule has 1 saturated heterocycles. The van der Waals surface area contributed by atoms with Crippen LogP contribution in [0.15, 0.2) is 53.7 Å². The van der Waals surface area contributed by atoms with E-state index in [9.17, 15) is 4.79 Å². The molecule has 1 aliphatic heterocycles. The molecule has 1 atom stereocenters. The molecule has 2 aliphatic rings. The van der Waals surface area contributed by atoms with Crippen LogP contribution in [0.4, 0.5) is 11.6 Å². The van der Waals surface area contributed by atoms with E-state index in [-0.39, 0.29) is 11.2 Å². The largest absolute Gasteiger partial charge is 0.378 e. The molecule has 0 spiro atoms. The number of carbonyl (C=O) groups excluding carboxylic acids is 1. The Balaban J connectivity index is 1.33. The second-order valence-electron chi connectivity index (χ2n) is 8.54. The maximum absolute atomic E-state index is 13.0. The number of fused-ring (bicyclic) bond motifs is 1. The van der Waals surface area contributed by atoms with Gasteiger partial charge in [-0.2, -0.15) is 0 Å². The number of carbonyl (C=O) groups is 1. The van der Waals surface area contributed by atoms with Gasteiger partial charge in [0.05, 0.1) is 25.0 Å². The summed E-state index contributed by atoms with van der Waals surface area (Å²) in [6.07, 6.45) is 3.43. The Labute approximate surface area is 198 Å². The topological polar surface area (TPSA) is 72.3 Å². The molecule has 1 unspecified atom stereocenters. The van der Waals surface area contributed by atoms with Crippen molar-refractivity contribution in [1.29, 1.82) is 0 Å². The van der Waals surface area contributed by atoms with Crippen LogP contribution < -0.4 is 10.2 Å². The summed E-state index contributed by atoms with van der Waals surface area (Å²) in [6.45, 7) is 5.50. The summed E-state index contributed by atoms with van der Waals surface area (Å²) in [5.41, 5.74) is 4.79. The molecule has 1 fully saturated rings. The van der Waals surface area contributed by atoms with E-state index in [4.69, 9.17) is 4.74 Å². The van der Waals surface area contributed by atoms with Gasteiger partial charge in [-0.1, -0.05) is 48.2 Å². The van der Waals surface area contributed by atoms with Crippen molar-refractivity contribution in [3.8, 4) is 0 Å². The predicted octanol–water partition coefficient (Wildman–Crippen LogP) is 3.77. The van der Waals surface area contributed by atoms with Crippen LogP contribution in [0.1, 0.15) is 30.0 Å². The number of anilines is 2. The molecule has 1 aliphatic carbocycles. The van der Waals surface area contributed by atoms with Crippen molar-refractivity contribution in [2.45, 2.75) is 43.1 Å². The second-order valence-corrected chi connectivity index (χ2v) is 9.85. The van der Waals surface area contributed by atoms with Crippen LogP contribution >= 0.6 is 11.8 Å². The number of amides is 1. The quantitative estimate of drug-likeness (QED) is 0.538. The molecule has 5 rings (SSSR count). The SMILES string of the molecule is CC(Sc1nnc(N2CCOCC2)n1Cc1ccccc1)C(=O)Nc1ccc2c(c1)CCC2. The lowest BCUT2D eigenvalue weighted by Gasteiger charge is -2.28. The van der Waals surface area contributed by atoms with Gasteiger partial charge in [-0.25, -0.2) is 0 Å². The third-order valence-corrected chi connectivity index (χ3v) is 7.27. The van der Waals surface area contributed by atoms with Crippen molar-refractivity contribution in [2.75, 3.05) is 36.5 Å². The number of hydrogen-bond acceptors (Lipinski definition) is 6. The average molecular weight is 464 g/mol. The lowest BCUT2D eigenvalue weighted by atomic mass is 10.1. The molecule has 172 valence electrons. The van der Waals surface area contributed by atoms with Crippen LogP contribution in [0.25, 0.3) is 0 Å². The number of rotatable bonds is 7. The number of benzene rings is 2. The zero-order valence-corrected chi connectivity index (χ0v) is 19.7. The van der Waals surface area contributed by atoms with E-state index in [2.05, 4.69) is 49.2 Å². The van der Waals surface area contributed by atoms with Gasteiger partial charge in [-0.05, 0) is 55.0 Å². The molecule has 33 heavy (non-hydrogen) atoms. The van der Waals surface area contributed by atoms with Crippen LogP contribution in [0, 0.1) is 0 Å². The molecule has 8 heteroatoms. The first kappa shape index (κ1) is 22.0. The highest BCUT2D eigenvalue weighted by molar-refractivity contribution is 8.00. The molecule has 7 nitrogen and oxygen atoms in total. The number of aryl methyl sites for hydroxylation is 2. The van der Waals surface area contributed by atoms with Crippen molar-refractivity contribution in [2.24, 2.45) is 0 Å². The molecule has 3 aromatic rings. The van der Waals surface area contributed by atoms with Crippen LogP contribution in [-0.4, -0.2) is 52.2 Å². The van der Waals surface area contributed by atoms with Gasteiger partial charge in [0, 0.05) is 18.8 Å². The van der Waals surface area contributed by atoms with Crippen LogP contribution in [0.2, 0.25) is 0 Å². The summed E-state index contributed by atoms with van der Waals surface area (Å²) in [7, 11) is 0. The molecule has 1 aromatic heterocycles. The van der Waals surface area contributed by atoms with Gasteiger partial charge in [0.25, 0.3) is 0 Å². The highest BCUT2D eigenvalue weighted by Gasteiger charge is 2.24. The Kier molecular flexibility index (Phi) is 6.64. The summed E-state index contributed by atoms with van der Waals surface area (Å²) >= 11 is 1.45. The Morgan fingerprint density at radius 1 is 1.09 bits per heavy atom. The average Bonchev–Trinajstić information content (AvgIpc) is 3.47. The van der Waals surface area contributed by atoms with E-state index in [1.54, 1.807) is 0 Å². The maximum atomic E-state index is 13.0. The Morgan fingerprint density at radius 2 is 1.88 bits per heavy atom. The van der Waals surface area contributed by atoms with Gasteiger partial charge >= 0.3 is 0 Å². The predicted molar refractivity (Wildman–Crippen MR) is 131 cm³/mol. The Bertz CT molecular complexity index is 1110. The fourth-order valence-corrected chi connectivity index (χ4v) is 5.22. The number of nitrogens with one attached hydrogen (secondary N) is 1. The summed E-state index contributed by atoms with van der Waals surface area (Å²) < 4.78 is 7.62. The van der Waals surface area contributed by atoms with Crippen molar-refractivity contribution < 1.29 is 9.53 Å². The Hall–Kier alpha value is -2.84. The Morgan fingerprint density at radius 3 is 2.70 bits per heavy atom. The lowest BCUT2D eigenvalue weighted by molar-refractivity contribution is -0.115. The molecule has 2 aromatic carbocycles. The van der Waals surface area contributed by atoms with Gasteiger partial charge < -0.3 is 15.0 Å². The molecular formula is C25H29N5O2S. The summed E-state index contributed by atoms with van der Waals surface area (Å²) in [6, 6.07) is 16.5. The third kappa shape index (κ3) is 5.07. The lowest BCUT2D eigenvalue weighted by Crippen LogP contribution is -2.38. The van der Waals surface area contributed by atoms with E-state index in [0.29, 0.717) is 19.8 Å². The van der Waals surface area contributed by atoms with Gasteiger partial charge in [-0.3, -0.25) is 9.36 Å². The molecular weight excluding hydrogens is 434 g/mol. The first-order chi connectivity index (χ1) is 16.2. The normalized spacial score (nSPS) is 16.5. The minimum Gasteiger partial charge on any atom is -0.378 e. The third-order valence-electron chi connectivity index (χ3n) is 6.19. The monoisotopic (exact) mass is 463 g/mol. The zero-order chi connectivity index (χ0) is 22.6. The van der Waals surface area contributed by atoms with E-state index >= 15 is 0 Å². The molecule has 0 bridgehead atoms. The minimum absolute atomic E-state index is 0.0277. The molecule has 1 amide bonds. The number of aromatic nitrogens is 3. The van der Waals surface area contributed by atoms with Crippen LogP contribution in [0.5, 0.6) is 0 Å². The maximum Gasteiger partial charge on any atom is 0.237 e. The van der Waals surface area contributed by atoms with Gasteiger partial charge in [0.2, 0.25) is 11.9 Å². The number of nitrogens with zero attached hydrogens (tertiary/aromatic N) is 4. The first-order valence-electron chi connectivity index (χ1n) is 11.6. The number of thioether (sulfide) groups is 1. The number of hydrogen-bond donors (Lipinski definition) is 1. The van der Waals surface area contributed by atoms with Crippen molar-refractivity contribution in [1.82, 2.24) is 14.8 Å². The summed E-state index contributed by atoms with van der Waals surface area (Å²) in [5.74, 6) is 0.802. The number of ether oxygens (including phenoxy) is 1. The van der Waals surface area contributed by atoms with E-state index < -0.39 is 0 Å². The van der Waals surface area contributed by atoms with Gasteiger partial charge in [0.15, 0.2) is 5.16 Å². The fourth-order valence-electron chi connectivity index (χ4n) is 4.37.